The van der Waals surface area contributed by atoms with Crippen LogP contribution in [0.4, 0.5) is 0 Å². The molecule has 134 valence electrons. The number of hydrogen-bond donors (Lipinski definition) is 1. The van der Waals surface area contributed by atoms with Gasteiger partial charge in [0.15, 0.2) is 0 Å². The van der Waals surface area contributed by atoms with Crippen LogP contribution in [-0.2, 0) is 20.8 Å². The lowest BCUT2D eigenvalue weighted by molar-refractivity contribution is -0.137. The largest absolute Gasteiger partial charge is 0.383 e. The van der Waals surface area contributed by atoms with Gasteiger partial charge >= 0.3 is 0 Å². The van der Waals surface area contributed by atoms with Crippen molar-refractivity contribution < 1.29 is 14.3 Å². The Morgan fingerprint density at radius 3 is 2.62 bits per heavy atom. The fourth-order valence-corrected chi connectivity index (χ4v) is 2.95. The standard InChI is InChI=1S/C18H29N3O3/c1-15(12-20-8-10-24-11-9-20)21(18(22)17(19)14-23-2)13-16-6-4-3-5-7-16/h3-7,15,17H,8-14,19H2,1-2H3. The van der Waals surface area contributed by atoms with Crippen LogP contribution in [-0.4, -0.2) is 74.4 Å². The first-order valence-electron chi connectivity index (χ1n) is 8.51. The molecule has 24 heavy (non-hydrogen) atoms. The van der Waals surface area contributed by atoms with Crippen LogP contribution in [0.15, 0.2) is 30.3 Å². The highest BCUT2D eigenvalue weighted by Gasteiger charge is 2.27. The number of carbonyl (C=O) groups excluding carboxylic acids is 1. The van der Waals surface area contributed by atoms with E-state index < -0.39 is 6.04 Å². The predicted octanol–water partition coefficient (Wildman–Crippen LogP) is 0.710. The molecular formula is C18H29N3O3. The monoisotopic (exact) mass is 335 g/mol. The lowest BCUT2D eigenvalue weighted by Gasteiger charge is -2.36. The number of hydrogen-bond acceptors (Lipinski definition) is 5. The number of carbonyl (C=O) groups is 1. The number of rotatable bonds is 8. The number of morpholine rings is 1. The smallest absolute Gasteiger partial charge is 0.242 e. The van der Waals surface area contributed by atoms with Crippen molar-refractivity contribution in [3.8, 4) is 0 Å². The third-order valence-electron chi connectivity index (χ3n) is 4.30. The average molecular weight is 335 g/mol. The Morgan fingerprint density at radius 2 is 2.00 bits per heavy atom. The number of ether oxygens (including phenoxy) is 2. The minimum atomic E-state index is -0.633. The van der Waals surface area contributed by atoms with Crippen LogP contribution in [0.25, 0.3) is 0 Å². The highest BCUT2D eigenvalue weighted by Crippen LogP contribution is 2.12. The molecule has 0 radical (unpaired) electrons. The van der Waals surface area contributed by atoms with E-state index in [1.54, 1.807) is 7.11 Å². The fraction of sp³-hybridized carbons (Fsp3) is 0.611. The molecule has 2 unspecified atom stereocenters. The van der Waals surface area contributed by atoms with Crippen LogP contribution in [0.3, 0.4) is 0 Å². The van der Waals surface area contributed by atoms with E-state index in [0.29, 0.717) is 6.54 Å². The van der Waals surface area contributed by atoms with E-state index >= 15 is 0 Å². The Labute approximate surface area is 144 Å². The molecule has 0 aliphatic carbocycles. The van der Waals surface area contributed by atoms with Crippen molar-refractivity contribution in [2.24, 2.45) is 5.73 Å². The SMILES string of the molecule is COCC(N)C(=O)N(Cc1ccccc1)C(C)CN1CCOCC1. The Bertz CT molecular complexity index is 492. The van der Waals surface area contributed by atoms with Gasteiger partial charge in [0.2, 0.25) is 5.91 Å². The van der Waals surface area contributed by atoms with Gasteiger partial charge in [0.1, 0.15) is 6.04 Å². The van der Waals surface area contributed by atoms with Gasteiger partial charge in [0, 0.05) is 39.3 Å². The summed E-state index contributed by atoms with van der Waals surface area (Å²) < 4.78 is 10.5. The summed E-state index contributed by atoms with van der Waals surface area (Å²) in [5, 5.41) is 0. The molecule has 0 spiro atoms. The molecule has 0 saturated carbocycles. The highest BCUT2D eigenvalue weighted by atomic mass is 16.5. The Morgan fingerprint density at radius 1 is 1.33 bits per heavy atom. The van der Waals surface area contributed by atoms with Crippen molar-refractivity contribution in [2.45, 2.75) is 25.6 Å². The van der Waals surface area contributed by atoms with E-state index in [1.807, 2.05) is 35.2 Å². The first-order chi connectivity index (χ1) is 11.6. The van der Waals surface area contributed by atoms with Crippen molar-refractivity contribution in [1.29, 1.82) is 0 Å². The van der Waals surface area contributed by atoms with Gasteiger partial charge in [-0.25, -0.2) is 0 Å². The van der Waals surface area contributed by atoms with E-state index in [4.69, 9.17) is 15.2 Å². The number of methoxy groups -OCH3 is 1. The zero-order valence-electron chi connectivity index (χ0n) is 14.7. The molecule has 2 rings (SSSR count). The molecule has 1 fully saturated rings. The highest BCUT2D eigenvalue weighted by molar-refractivity contribution is 5.82. The fourth-order valence-electron chi connectivity index (χ4n) is 2.95. The molecule has 1 heterocycles. The van der Waals surface area contributed by atoms with Crippen LogP contribution in [0.2, 0.25) is 0 Å². The molecule has 0 bridgehead atoms. The van der Waals surface area contributed by atoms with Crippen molar-refractivity contribution in [3.63, 3.8) is 0 Å². The second-order valence-corrected chi connectivity index (χ2v) is 6.28. The normalized spacial score (nSPS) is 18.1. The number of benzene rings is 1. The van der Waals surface area contributed by atoms with Crippen molar-refractivity contribution in [3.05, 3.63) is 35.9 Å². The molecular weight excluding hydrogens is 306 g/mol. The van der Waals surface area contributed by atoms with Crippen LogP contribution in [0.5, 0.6) is 0 Å². The van der Waals surface area contributed by atoms with Crippen LogP contribution >= 0.6 is 0 Å². The zero-order valence-corrected chi connectivity index (χ0v) is 14.7. The summed E-state index contributed by atoms with van der Waals surface area (Å²) in [5.41, 5.74) is 7.10. The minimum Gasteiger partial charge on any atom is -0.383 e. The first kappa shape index (κ1) is 18.9. The van der Waals surface area contributed by atoms with Gasteiger partial charge in [-0.3, -0.25) is 9.69 Å². The summed E-state index contributed by atoms with van der Waals surface area (Å²) in [6.45, 7) is 7.00. The van der Waals surface area contributed by atoms with Crippen molar-refractivity contribution in [1.82, 2.24) is 9.80 Å². The lowest BCUT2D eigenvalue weighted by atomic mass is 10.1. The molecule has 1 aromatic carbocycles. The molecule has 0 aromatic heterocycles. The number of amides is 1. The van der Waals surface area contributed by atoms with Gasteiger partial charge in [-0.2, -0.15) is 0 Å². The van der Waals surface area contributed by atoms with Gasteiger partial charge in [-0.1, -0.05) is 30.3 Å². The van der Waals surface area contributed by atoms with E-state index in [1.165, 1.54) is 0 Å². The maximum absolute atomic E-state index is 12.8. The maximum atomic E-state index is 12.8. The van der Waals surface area contributed by atoms with E-state index in [9.17, 15) is 4.79 Å². The minimum absolute atomic E-state index is 0.0681. The zero-order chi connectivity index (χ0) is 17.4. The Balaban J connectivity index is 2.06. The van der Waals surface area contributed by atoms with Crippen molar-refractivity contribution >= 4 is 5.91 Å². The lowest BCUT2D eigenvalue weighted by Crippen LogP contribution is -2.53. The van der Waals surface area contributed by atoms with Gasteiger partial charge in [-0.05, 0) is 12.5 Å². The summed E-state index contributed by atoms with van der Waals surface area (Å²) in [7, 11) is 1.56. The molecule has 2 atom stereocenters. The summed E-state index contributed by atoms with van der Waals surface area (Å²) in [6, 6.07) is 9.44. The summed E-state index contributed by atoms with van der Waals surface area (Å²) in [5.74, 6) is -0.0681. The Kier molecular flexibility index (Phi) is 7.65. The number of nitrogens with zero attached hydrogens (tertiary/aromatic N) is 2. The second-order valence-electron chi connectivity index (χ2n) is 6.28. The van der Waals surface area contributed by atoms with Gasteiger partial charge in [-0.15, -0.1) is 0 Å². The molecule has 1 saturated heterocycles. The molecule has 1 aliphatic rings. The second kappa shape index (κ2) is 9.74. The molecule has 1 amide bonds. The van der Waals surface area contributed by atoms with Crippen LogP contribution < -0.4 is 5.73 Å². The molecule has 6 nitrogen and oxygen atoms in total. The summed E-state index contributed by atoms with van der Waals surface area (Å²) in [6.07, 6.45) is 0. The van der Waals surface area contributed by atoms with Crippen LogP contribution in [0.1, 0.15) is 12.5 Å². The average Bonchev–Trinajstić information content (AvgIpc) is 2.61. The topological polar surface area (TPSA) is 68.0 Å². The van der Waals surface area contributed by atoms with E-state index in [0.717, 1.165) is 38.4 Å². The molecule has 1 aromatic rings. The third-order valence-corrected chi connectivity index (χ3v) is 4.30. The maximum Gasteiger partial charge on any atom is 0.242 e. The van der Waals surface area contributed by atoms with Gasteiger partial charge in [0.25, 0.3) is 0 Å². The summed E-state index contributed by atoms with van der Waals surface area (Å²) in [4.78, 5) is 17.0. The Hall–Kier alpha value is -1.47. The predicted molar refractivity (Wildman–Crippen MR) is 93.6 cm³/mol. The van der Waals surface area contributed by atoms with Gasteiger partial charge < -0.3 is 20.1 Å². The summed E-state index contributed by atoms with van der Waals surface area (Å²) >= 11 is 0. The number of nitrogens with two attached hydrogens (primary N) is 1. The molecule has 2 N–H and O–H groups in total. The molecule has 6 heteroatoms. The van der Waals surface area contributed by atoms with Gasteiger partial charge in [0.05, 0.1) is 19.8 Å². The third kappa shape index (κ3) is 5.56. The molecule has 1 aliphatic heterocycles. The quantitative estimate of drug-likeness (QED) is 0.758. The van der Waals surface area contributed by atoms with E-state index in [2.05, 4.69) is 11.8 Å². The van der Waals surface area contributed by atoms with Crippen molar-refractivity contribution in [2.75, 3.05) is 46.6 Å². The van der Waals surface area contributed by atoms with Crippen LogP contribution in [0, 0.1) is 0 Å². The van der Waals surface area contributed by atoms with E-state index in [-0.39, 0.29) is 18.6 Å². The first-order valence-corrected chi connectivity index (χ1v) is 8.51.